The fraction of sp³-hybridized carbons (Fsp3) is 1.00. The van der Waals surface area contributed by atoms with Gasteiger partial charge in [-0.25, -0.2) is 0 Å². The standard InChI is InChI=1S/C14H27N/c1-4-11-9-10-12-7-5-6-8-13(12)14(11)15(2)3/h11-14H,4-10H2,1-3H3. The maximum absolute atomic E-state index is 2.52. The fourth-order valence-corrected chi connectivity index (χ4v) is 4.24. The van der Waals surface area contributed by atoms with Gasteiger partial charge in [-0.05, 0) is 51.1 Å². The van der Waals surface area contributed by atoms with E-state index in [2.05, 4.69) is 25.9 Å². The first-order valence-electron chi connectivity index (χ1n) is 6.90. The second-order valence-electron chi connectivity index (χ2n) is 5.91. The van der Waals surface area contributed by atoms with E-state index in [0.717, 1.165) is 23.8 Å². The zero-order chi connectivity index (χ0) is 10.8. The van der Waals surface area contributed by atoms with Crippen LogP contribution in [0.4, 0.5) is 0 Å². The molecule has 0 radical (unpaired) electrons. The molecule has 88 valence electrons. The van der Waals surface area contributed by atoms with Gasteiger partial charge in [-0.15, -0.1) is 0 Å². The molecule has 0 aliphatic heterocycles. The van der Waals surface area contributed by atoms with Crippen LogP contribution >= 0.6 is 0 Å². The van der Waals surface area contributed by atoms with Crippen molar-refractivity contribution < 1.29 is 0 Å². The highest BCUT2D eigenvalue weighted by Gasteiger charge is 2.40. The van der Waals surface area contributed by atoms with E-state index in [1.165, 1.54) is 44.9 Å². The van der Waals surface area contributed by atoms with Crippen LogP contribution in [0, 0.1) is 17.8 Å². The van der Waals surface area contributed by atoms with Crippen LogP contribution in [-0.4, -0.2) is 25.0 Å². The highest BCUT2D eigenvalue weighted by molar-refractivity contribution is 4.93. The first-order chi connectivity index (χ1) is 7.24. The molecule has 2 fully saturated rings. The molecule has 0 spiro atoms. The quantitative estimate of drug-likeness (QED) is 0.672. The van der Waals surface area contributed by atoms with Crippen LogP contribution in [0.25, 0.3) is 0 Å². The third-order valence-electron chi connectivity index (χ3n) is 4.92. The molecule has 1 nitrogen and oxygen atoms in total. The van der Waals surface area contributed by atoms with Crippen LogP contribution in [0.3, 0.4) is 0 Å². The molecule has 2 aliphatic carbocycles. The number of nitrogens with zero attached hydrogens (tertiary/aromatic N) is 1. The Morgan fingerprint density at radius 1 is 1.00 bits per heavy atom. The van der Waals surface area contributed by atoms with Crippen LogP contribution in [0.5, 0.6) is 0 Å². The lowest BCUT2D eigenvalue weighted by Crippen LogP contribution is -2.48. The zero-order valence-corrected chi connectivity index (χ0v) is 10.7. The summed E-state index contributed by atoms with van der Waals surface area (Å²) >= 11 is 0. The van der Waals surface area contributed by atoms with E-state index in [9.17, 15) is 0 Å². The molecular weight excluding hydrogens is 182 g/mol. The van der Waals surface area contributed by atoms with E-state index >= 15 is 0 Å². The lowest BCUT2D eigenvalue weighted by molar-refractivity contribution is 0.0238. The Morgan fingerprint density at radius 3 is 2.40 bits per heavy atom. The molecule has 0 amide bonds. The van der Waals surface area contributed by atoms with Crippen molar-refractivity contribution >= 4 is 0 Å². The molecule has 4 unspecified atom stereocenters. The van der Waals surface area contributed by atoms with Gasteiger partial charge >= 0.3 is 0 Å². The summed E-state index contributed by atoms with van der Waals surface area (Å²) in [6.07, 6.45) is 10.4. The molecule has 2 saturated carbocycles. The van der Waals surface area contributed by atoms with Crippen molar-refractivity contribution in [2.75, 3.05) is 14.1 Å². The average molecular weight is 209 g/mol. The summed E-state index contributed by atoms with van der Waals surface area (Å²) < 4.78 is 0. The number of rotatable bonds is 2. The van der Waals surface area contributed by atoms with Crippen molar-refractivity contribution in [1.82, 2.24) is 4.90 Å². The zero-order valence-electron chi connectivity index (χ0n) is 10.7. The maximum Gasteiger partial charge on any atom is 0.0148 e. The molecule has 4 atom stereocenters. The lowest BCUT2D eigenvalue weighted by atomic mass is 9.64. The van der Waals surface area contributed by atoms with Crippen molar-refractivity contribution in [2.45, 2.75) is 57.9 Å². The second kappa shape index (κ2) is 4.86. The minimum absolute atomic E-state index is 0.883. The highest BCUT2D eigenvalue weighted by atomic mass is 15.1. The molecule has 2 rings (SSSR count). The summed E-state index contributed by atoms with van der Waals surface area (Å²) in [5.41, 5.74) is 0. The summed E-state index contributed by atoms with van der Waals surface area (Å²) in [6, 6.07) is 0.883. The van der Waals surface area contributed by atoms with Crippen molar-refractivity contribution in [3.05, 3.63) is 0 Å². The number of hydrogen-bond acceptors (Lipinski definition) is 1. The Hall–Kier alpha value is -0.0400. The van der Waals surface area contributed by atoms with Crippen molar-refractivity contribution in [3.8, 4) is 0 Å². The van der Waals surface area contributed by atoms with E-state index in [4.69, 9.17) is 0 Å². The van der Waals surface area contributed by atoms with Crippen LogP contribution < -0.4 is 0 Å². The van der Waals surface area contributed by atoms with E-state index < -0.39 is 0 Å². The molecule has 0 heterocycles. The fourth-order valence-electron chi connectivity index (χ4n) is 4.24. The van der Waals surface area contributed by atoms with Gasteiger partial charge in [0.25, 0.3) is 0 Å². The lowest BCUT2D eigenvalue weighted by Gasteiger charge is -2.48. The van der Waals surface area contributed by atoms with Gasteiger partial charge < -0.3 is 4.90 Å². The first-order valence-corrected chi connectivity index (χ1v) is 6.90. The second-order valence-corrected chi connectivity index (χ2v) is 5.91. The van der Waals surface area contributed by atoms with Gasteiger partial charge in [-0.1, -0.05) is 32.6 Å². The van der Waals surface area contributed by atoms with Gasteiger partial charge in [0.05, 0.1) is 0 Å². The molecule has 0 aromatic heterocycles. The van der Waals surface area contributed by atoms with Crippen molar-refractivity contribution in [3.63, 3.8) is 0 Å². The van der Waals surface area contributed by atoms with Gasteiger partial charge in [0.15, 0.2) is 0 Å². The van der Waals surface area contributed by atoms with Gasteiger partial charge in [-0.3, -0.25) is 0 Å². The SMILES string of the molecule is CCC1CCC2CCCCC2C1N(C)C. The number of fused-ring (bicyclic) bond motifs is 1. The topological polar surface area (TPSA) is 3.24 Å². The summed E-state index contributed by atoms with van der Waals surface area (Å²) in [6.45, 7) is 2.38. The minimum atomic E-state index is 0.883. The molecule has 0 bridgehead atoms. The van der Waals surface area contributed by atoms with Gasteiger partial charge in [0, 0.05) is 6.04 Å². The Morgan fingerprint density at radius 2 is 1.73 bits per heavy atom. The predicted molar refractivity (Wildman–Crippen MR) is 65.9 cm³/mol. The maximum atomic E-state index is 2.52. The van der Waals surface area contributed by atoms with Gasteiger partial charge in [0.2, 0.25) is 0 Å². The number of hydrogen-bond donors (Lipinski definition) is 0. The summed E-state index contributed by atoms with van der Waals surface area (Å²) in [5, 5.41) is 0. The summed E-state index contributed by atoms with van der Waals surface area (Å²) in [7, 11) is 4.59. The first kappa shape index (κ1) is 11.4. The van der Waals surface area contributed by atoms with E-state index in [-0.39, 0.29) is 0 Å². The molecular formula is C14H27N. The smallest absolute Gasteiger partial charge is 0.0148 e. The Bertz CT molecular complexity index is 200. The third kappa shape index (κ3) is 2.22. The van der Waals surface area contributed by atoms with Crippen LogP contribution in [0.15, 0.2) is 0 Å². The molecule has 0 N–H and O–H groups in total. The van der Waals surface area contributed by atoms with Crippen LogP contribution in [-0.2, 0) is 0 Å². The summed E-state index contributed by atoms with van der Waals surface area (Å²) in [4.78, 5) is 2.52. The van der Waals surface area contributed by atoms with E-state index in [0.29, 0.717) is 0 Å². The Labute approximate surface area is 95.2 Å². The van der Waals surface area contributed by atoms with Crippen LogP contribution in [0.1, 0.15) is 51.9 Å². The minimum Gasteiger partial charge on any atom is -0.306 e. The highest BCUT2D eigenvalue weighted by Crippen LogP contribution is 2.45. The molecule has 0 aromatic carbocycles. The normalized spacial score (nSPS) is 41.6. The van der Waals surface area contributed by atoms with Crippen LogP contribution in [0.2, 0.25) is 0 Å². The molecule has 15 heavy (non-hydrogen) atoms. The van der Waals surface area contributed by atoms with Crippen molar-refractivity contribution in [1.29, 1.82) is 0 Å². The largest absolute Gasteiger partial charge is 0.306 e. The Kier molecular flexibility index (Phi) is 3.71. The third-order valence-corrected chi connectivity index (χ3v) is 4.92. The predicted octanol–water partition coefficient (Wildman–Crippen LogP) is 3.54. The average Bonchev–Trinajstić information content (AvgIpc) is 2.27. The van der Waals surface area contributed by atoms with E-state index in [1.54, 1.807) is 0 Å². The molecule has 0 saturated heterocycles. The molecule has 0 aromatic rings. The summed E-state index contributed by atoms with van der Waals surface area (Å²) in [5.74, 6) is 3.06. The molecule has 2 aliphatic rings. The van der Waals surface area contributed by atoms with Gasteiger partial charge in [-0.2, -0.15) is 0 Å². The van der Waals surface area contributed by atoms with E-state index in [1.807, 2.05) is 0 Å². The monoisotopic (exact) mass is 209 g/mol. The van der Waals surface area contributed by atoms with Gasteiger partial charge in [0.1, 0.15) is 0 Å². The molecule has 1 heteroatoms. The van der Waals surface area contributed by atoms with Crippen molar-refractivity contribution in [2.24, 2.45) is 17.8 Å². The Balaban J connectivity index is 2.10.